The van der Waals surface area contributed by atoms with Crippen LogP contribution in [0.1, 0.15) is 34.8 Å². The number of rotatable bonds is 4. The molecule has 0 saturated carbocycles. The molecule has 0 aromatic heterocycles. The molecule has 4 heteroatoms. The molecule has 0 aliphatic heterocycles. The zero-order valence-corrected chi connectivity index (χ0v) is 11.7. The number of alkyl halides is 3. The van der Waals surface area contributed by atoms with Gasteiger partial charge >= 0.3 is 6.18 Å². The molecule has 1 nitrogen and oxygen atoms in total. The smallest absolute Gasteiger partial charge is 0.388 e. The Kier molecular flexibility index (Phi) is 4.68. The van der Waals surface area contributed by atoms with E-state index < -0.39 is 17.8 Å². The number of hydrogen-bond donors (Lipinski definition) is 1. The molecule has 0 aliphatic carbocycles. The SMILES string of the molecule is Cc1cccc(CCC(O)c2ccccc2C(F)(F)F)c1. The second-order valence-corrected chi connectivity index (χ2v) is 5.13. The van der Waals surface area contributed by atoms with Crippen molar-refractivity contribution in [1.29, 1.82) is 0 Å². The third-order valence-electron chi connectivity index (χ3n) is 3.41. The van der Waals surface area contributed by atoms with Crippen molar-refractivity contribution in [3.63, 3.8) is 0 Å². The van der Waals surface area contributed by atoms with Gasteiger partial charge in [0.2, 0.25) is 0 Å². The number of aliphatic hydroxyl groups is 1. The summed E-state index contributed by atoms with van der Waals surface area (Å²) in [7, 11) is 0. The van der Waals surface area contributed by atoms with Gasteiger partial charge in [-0.2, -0.15) is 13.2 Å². The molecule has 1 N–H and O–H groups in total. The minimum atomic E-state index is -4.44. The van der Waals surface area contributed by atoms with E-state index >= 15 is 0 Å². The molecule has 0 saturated heterocycles. The van der Waals surface area contributed by atoms with E-state index in [0.29, 0.717) is 6.42 Å². The summed E-state index contributed by atoms with van der Waals surface area (Å²) in [5.41, 5.74) is 1.29. The molecule has 0 spiro atoms. The highest BCUT2D eigenvalue weighted by atomic mass is 19.4. The molecule has 0 radical (unpaired) electrons. The van der Waals surface area contributed by atoms with Gasteiger partial charge in [-0.25, -0.2) is 0 Å². The molecule has 1 unspecified atom stereocenters. The number of hydrogen-bond acceptors (Lipinski definition) is 1. The van der Waals surface area contributed by atoms with Crippen molar-refractivity contribution in [3.05, 3.63) is 70.8 Å². The summed E-state index contributed by atoms with van der Waals surface area (Å²) in [5.74, 6) is 0. The van der Waals surface area contributed by atoms with Gasteiger partial charge in [0.15, 0.2) is 0 Å². The fraction of sp³-hybridized carbons (Fsp3) is 0.294. The van der Waals surface area contributed by atoms with Crippen LogP contribution >= 0.6 is 0 Å². The van der Waals surface area contributed by atoms with Crippen LogP contribution in [0.5, 0.6) is 0 Å². The fourth-order valence-corrected chi connectivity index (χ4v) is 2.37. The zero-order chi connectivity index (χ0) is 15.5. The lowest BCUT2D eigenvalue weighted by Crippen LogP contribution is -2.12. The van der Waals surface area contributed by atoms with Crippen molar-refractivity contribution in [2.45, 2.75) is 32.0 Å². The molecule has 0 heterocycles. The number of halogens is 3. The monoisotopic (exact) mass is 294 g/mol. The van der Waals surface area contributed by atoms with E-state index in [9.17, 15) is 18.3 Å². The minimum Gasteiger partial charge on any atom is -0.388 e. The molecular weight excluding hydrogens is 277 g/mol. The van der Waals surface area contributed by atoms with Crippen molar-refractivity contribution >= 4 is 0 Å². The highest BCUT2D eigenvalue weighted by Crippen LogP contribution is 2.35. The van der Waals surface area contributed by atoms with E-state index in [0.717, 1.165) is 17.2 Å². The molecule has 2 aromatic rings. The van der Waals surface area contributed by atoms with Gasteiger partial charge in [-0.15, -0.1) is 0 Å². The molecule has 1 atom stereocenters. The lowest BCUT2D eigenvalue weighted by molar-refractivity contribution is -0.139. The maximum Gasteiger partial charge on any atom is 0.416 e. The molecule has 2 rings (SSSR count). The van der Waals surface area contributed by atoms with Crippen LogP contribution in [-0.2, 0) is 12.6 Å². The minimum absolute atomic E-state index is 0.0577. The highest BCUT2D eigenvalue weighted by molar-refractivity contribution is 5.32. The fourth-order valence-electron chi connectivity index (χ4n) is 2.37. The maximum absolute atomic E-state index is 12.9. The summed E-state index contributed by atoms with van der Waals surface area (Å²) in [4.78, 5) is 0. The summed E-state index contributed by atoms with van der Waals surface area (Å²) in [6.45, 7) is 1.96. The van der Waals surface area contributed by atoms with Crippen molar-refractivity contribution in [2.75, 3.05) is 0 Å². The van der Waals surface area contributed by atoms with E-state index in [-0.39, 0.29) is 12.0 Å². The summed E-state index contributed by atoms with van der Waals surface area (Å²) < 4.78 is 38.7. The van der Waals surface area contributed by atoms with Crippen LogP contribution in [0.15, 0.2) is 48.5 Å². The summed E-state index contributed by atoms with van der Waals surface area (Å²) in [5, 5.41) is 10.1. The van der Waals surface area contributed by atoms with Gasteiger partial charge < -0.3 is 5.11 Å². The number of benzene rings is 2. The Morgan fingerprint density at radius 3 is 2.43 bits per heavy atom. The van der Waals surface area contributed by atoms with Gasteiger partial charge in [-0.3, -0.25) is 0 Å². The van der Waals surface area contributed by atoms with Crippen molar-refractivity contribution < 1.29 is 18.3 Å². The van der Waals surface area contributed by atoms with Gasteiger partial charge in [-0.1, -0.05) is 48.0 Å². The Morgan fingerprint density at radius 2 is 1.76 bits per heavy atom. The number of aliphatic hydroxyl groups excluding tert-OH is 1. The average molecular weight is 294 g/mol. The van der Waals surface area contributed by atoms with Gasteiger partial charge in [0.1, 0.15) is 0 Å². The van der Waals surface area contributed by atoms with Crippen LogP contribution in [0.3, 0.4) is 0 Å². The Bertz CT molecular complexity index is 605. The molecule has 2 aromatic carbocycles. The van der Waals surface area contributed by atoms with Crippen LogP contribution in [0.25, 0.3) is 0 Å². The molecule has 0 aliphatic rings. The van der Waals surface area contributed by atoms with E-state index in [1.54, 1.807) is 0 Å². The average Bonchev–Trinajstić information content (AvgIpc) is 2.44. The first-order chi connectivity index (χ1) is 9.88. The molecule has 21 heavy (non-hydrogen) atoms. The number of aryl methyl sites for hydroxylation is 2. The summed E-state index contributed by atoms with van der Waals surface area (Å²) in [6.07, 6.45) is -4.77. The molecule has 0 fully saturated rings. The largest absolute Gasteiger partial charge is 0.416 e. The first-order valence-corrected chi connectivity index (χ1v) is 6.77. The van der Waals surface area contributed by atoms with Crippen molar-refractivity contribution in [3.8, 4) is 0 Å². The quantitative estimate of drug-likeness (QED) is 0.868. The van der Waals surface area contributed by atoms with Crippen molar-refractivity contribution in [1.82, 2.24) is 0 Å². The third-order valence-corrected chi connectivity index (χ3v) is 3.41. The van der Waals surface area contributed by atoms with Gasteiger partial charge in [0.05, 0.1) is 11.7 Å². The van der Waals surface area contributed by atoms with Crippen LogP contribution in [0.2, 0.25) is 0 Å². The van der Waals surface area contributed by atoms with E-state index in [1.807, 2.05) is 31.2 Å². The van der Waals surface area contributed by atoms with E-state index in [4.69, 9.17) is 0 Å². The highest BCUT2D eigenvalue weighted by Gasteiger charge is 2.34. The van der Waals surface area contributed by atoms with Crippen LogP contribution in [0, 0.1) is 6.92 Å². The van der Waals surface area contributed by atoms with Crippen LogP contribution < -0.4 is 0 Å². The molecule has 112 valence electrons. The molecular formula is C17H17F3O. The predicted octanol–water partition coefficient (Wildman–Crippen LogP) is 4.68. The van der Waals surface area contributed by atoms with Crippen molar-refractivity contribution in [2.24, 2.45) is 0 Å². The van der Waals surface area contributed by atoms with E-state index in [2.05, 4.69) is 0 Å². The summed E-state index contributed by atoms with van der Waals surface area (Å²) >= 11 is 0. The Hall–Kier alpha value is -1.81. The Labute approximate surface area is 122 Å². The third kappa shape index (κ3) is 4.08. The Balaban J connectivity index is 2.12. The van der Waals surface area contributed by atoms with Gasteiger partial charge in [0.25, 0.3) is 0 Å². The molecule has 0 bridgehead atoms. The molecule has 0 amide bonds. The maximum atomic E-state index is 12.9. The predicted molar refractivity (Wildman–Crippen MR) is 75.9 cm³/mol. The first-order valence-electron chi connectivity index (χ1n) is 6.77. The standard InChI is InChI=1S/C17H17F3O/c1-12-5-4-6-13(11-12)9-10-16(21)14-7-2-3-8-15(14)17(18,19)20/h2-8,11,16,21H,9-10H2,1H3. The second-order valence-electron chi connectivity index (χ2n) is 5.13. The van der Waals surface area contributed by atoms with Crippen LogP contribution in [0.4, 0.5) is 13.2 Å². The van der Waals surface area contributed by atoms with Crippen LogP contribution in [-0.4, -0.2) is 5.11 Å². The lowest BCUT2D eigenvalue weighted by Gasteiger charge is -2.17. The lowest BCUT2D eigenvalue weighted by atomic mass is 9.96. The normalized spacial score (nSPS) is 13.2. The van der Waals surface area contributed by atoms with E-state index in [1.165, 1.54) is 18.2 Å². The first kappa shape index (κ1) is 15.6. The Morgan fingerprint density at radius 1 is 1.05 bits per heavy atom. The topological polar surface area (TPSA) is 20.2 Å². The van der Waals surface area contributed by atoms with Gasteiger partial charge in [-0.05, 0) is 37.0 Å². The van der Waals surface area contributed by atoms with Gasteiger partial charge in [0, 0.05) is 0 Å². The zero-order valence-electron chi connectivity index (χ0n) is 11.7. The second kappa shape index (κ2) is 6.31. The summed E-state index contributed by atoms with van der Waals surface area (Å²) in [6, 6.07) is 12.9.